The molecule has 0 aliphatic heterocycles. The number of rotatable bonds is 4. The van der Waals surface area contributed by atoms with Crippen LogP contribution in [-0.4, -0.2) is 22.5 Å². The Morgan fingerprint density at radius 1 is 1.12 bits per heavy atom. The van der Waals surface area contributed by atoms with Crippen molar-refractivity contribution in [2.75, 3.05) is 0 Å². The van der Waals surface area contributed by atoms with Crippen molar-refractivity contribution in [1.82, 2.24) is 5.32 Å². The van der Waals surface area contributed by atoms with E-state index in [0.29, 0.717) is 0 Å². The van der Waals surface area contributed by atoms with Crippen LogP contribution in [0.15, 0.2) is 0 Å². The first-order valence-electron chi connectivity index (χ1n) is 6.59. The molecule has 0 radical (unpaired) electrons. The van der Waals surface area contributed by atoms with Gasteiger partial charge in [0.1, 0.15) is 5.54 Å². The zero-order valence-electron chi connectivity index (χ0n) is 10.4. The Balaban J connectivity index is 1.97. The lowest BCUT2D eigenvalue weighted by molar-refractivity contribution is -0.148. The molecule has 0 bridgehead atoms. The van der Waals surface area contributed by atoms with Gasteiger partial charge in [-0.1, -0.05) is 19.3 Å². The third kappa shape index (κ3) is 2.61. The highest BCUT2D eigenvalue weighted by Gasteiger charge is 2.49. The van der Waals surface area contributed by atoms with E-state index >= 15 is 0 Å². The van der Waals surface area contributed by atoms with Crippen LogP contribution in [0.2, 0.25) is 0 Å². The minimum absolute atomic E-state index is 0.0289. The first kappa shape index (κ1) is 12.4. The van der Waals surface area contributed by atoms with Gasteiger partial charge in [0.25, 0.3) is 0 Å². The zero-order valence-corrected chi connectivity index (χ0v) is 10.4. The third-order valence-corrected chi connectivity index (χ3v) is 4.20. The summed E-state index contributed by atoms with van der Waals surface area (Å²) in [4.78, 5) is 23.4. The van der Waals surface area contributed by atoms with E-state index in [0.717, 1.165) is 38.5 Å². The van der Waals surface area contributed by atoms with Gasteiger partial charge in [-0.15, -0.1) is 0 Å². The standard InChI is InChI=1S/C13H21NO3/c1-13(12(16)17,10-7-8-10)14-11(15)9-5-3-2-4-6-9/h9-10H,2-8H2,1H3,(H,14,15)(H,16,17). The fraction of sp³-hybridized carbons (Fsp3) is 0.846. The van der Waals surface area contributed by atoms with E-state index in [1.54, 1.807) is 6.92 Å². The van der Waals surface area contributed by atoms with Crippen LogP contribution in [0.5, 0.6) is 0 Å². The molecule has 0 spiro atoms. The topological polar surface area (TPSA) is 66.4 Å². The smallest absolute Gasteiger partial charge is 0.329 e. The molecule has 4 nitrogen and oxygen atoms in total. The van der Waals surface area contributed by atoms with Gasteiger partial charge >= 0.3 is 5.97 Å². The Morgan fingerprint density at radius 3 is 2.18 bits per heavy atom. The van der Waals surface area contributed by atoms with Gasteiger partial charge in [-0.25, -0.2) is 4.79 Å². The summed E-state index contributed by atoms with van der Waals surface area (Å²) in [6.07, 6.45) is 7.01. The molecule has 0 saturated heterocycles. The lowest BCUT2D eigenvalue weighted by Crippen LogP contribution is -2.55. The van der Waals surface area contributed by atoms with Gasteiger partial charge in [0.15, 0.2) is 0 Å². The highest BCUT2D eigenvalue weighted by molar-refractivity contribution is 5.88. The SMILES string of the molecule is CC(NC(=O)C1CCCCC1)(C(=O)O)C1CC1. The van der Waals surface area contributed by atoms with Gasteiger partial charge in [-0.05, 0) is 38.5 Å². The number of carboxylic acid groups (broad SMARTS) is 1. The van der Waals surface area contributed by atoms with E-state index in [-0.39, 0.29) is 17.7 Å². The van der Waals surface area contributed by atoms with Crippen LogP contribution in [0, 0.1) is 11.8 Å². The van der Waals surface area contributed by atoms with Gasteiger partial charge in [0, 0.05) is 5.92 Å². The van der Waals surface area contributed by atoms with Gasteiger partial charge in [0.05, 0.1) is 0 Å². The van der Waals surface area contributed by atoms with E-state index in [2.05, 4.69) is 5.32 Å². The minimum Gasteiger partial charge on any atom is -0.480 e. The van der Waals surface area contributed by atoms with Crippen LogP contribution in [0.25, 0.3) is 0 Å². The first-order chi connectivity index (χ1) is 8.04. The molecule has 0 heterocycles. The monoisotopic (exact) mass is 239 g/mol. The van der Waals surface area contributed by atoms with Crippen molar-refractivity contribution in [2.45, 2.75) is 57.4 Å². The van der Waals surface area contributed by atoms with Crippen LogP contribution >= 0.6 is 0 Å². The molecular formula is C13H21NO3. The van der Waals surface area contributed by atoms with Gasteiger partial charge in [-0.2, -0.15) is 0 Å². The van der Waals surface area contributed by atoms with Crippen molar-refractivity contribution in [3.05, 3.63) is 0 Å². The lowest BCUT2D eigenvalue weighted by atomic mass is 9.87. The second-order valence-electron chi connectivity index (χ2n) is 5.61. The number of carboxylic acids is 1. The maximum absolute atomic E-state index is 12.1. The first-order valence-corrected chi connectivity index (χ1v) is 6.59. The number of carbonyl (C=O) groups is 2. The van der Waals surface area contributed by atoms with Crippen molar-refractivity contribution in [3.63, 3.8) is 0 Å². The summed E-state index contributed by atoms with van der Waals surface area (Å²) in [7, 11) is 0. The molecule has 2 aliphatic rings. The Kier molecular flexibility index (Phi) is 3.40. The average molecular weight is 239 g/mol. The summed E-state index contributed by atoms with van der Waals surface area (Å²) in [5.41, 5.74) is -1.05. The maximum atomic E-state index is 12.1. The number of aliphatic carboxylic acids is 1. The van der Waals surface area contributed by atoms with Crippen molar-refractivity contribution >= 4 is 11.9 Å². The average Bonchev–Trinajstić information content (AvgIpc) is 3.13. The van der Waals surface area contributed by atoms with Crippen molar-refractivity contribution in [2.24, 2.45) is 11.8 Å². The van der Waals surface area contributed by atoms with E-state index in [4.69, 9.17) is 0 Å². The van der Waals surface area contributed by atoms with Crippen LogP contribution < -0.4 is 5.32 Å². The van der Waals surface area contributed by atoms with Crippen molar-refractivity contribution in [1.29, 1.82) is 0 Å². The molecule has 4 heteroatoms. The highest BCUT2D eigenvalue weighted by Crippen LogP contribution is 2.40. The Labute approximate surface area is 102 Å². The number of hydrogen-bond acceptors (Lipinski definition) is 2. The number of carbonyl (C=O) groups excluding carboxylic acids is 1. The Bertz CT molecular complexity index is 319. The quantitative estimate of drug-likeness (QED) is 0.787. The van der Waals surface area contributed by atoms with Crippen molar-refractivity contribution < 1.29 is 14.7 Å². The molecule has 2 saturated carbocycles. The molecule has 0 aromatic heterocycles. The summed E-state index contributed by atoms with van der Waals surface area (Å²) in [6.45, 7) is 1.65. The van der Waals surface area contributed by atoms with Crippen LogP contribution in [0.1, 0.15) is 51.9 Å². The molecule has 2 rings (SSSR count). The molecule has 1 atom stereocenters. The maximum Gasteiger partial charge on any atom is 0.329 e. The summed E-state index contributed by atoms with van der Waals surface area (Å²) < 4.78 is 0. The Morgan fingerprint density at radius 2 is 1.71 bits per heavy atom. The van der Waals surface area contributed by atoms with Gasteiger partial charge < -0.3 is 10.4 Å². The van der Waals surface area contributed by atoms with E-state index < -0.39 is 11.5 Å². The second kappa shape index (κ2) is 4.67. The molecule has 2 aliphatic carbocycles. The van der Waals surface area contributed by atoms with Crippen molar-refractivity contribution in [3.8, 4) is 0 Å². The molecule has 1 amide bonds. The molecule has 17 heavy (non-hydrogen) atoms. The summed E-state index contributed by atoms with van der Waals surface area (Å²) in [5, 5.41) is 12.1. The van der Waals surface area contributed by atoms with Gasteiger partial charge in [0.2, 0.25) is 5.91 Å². The molecule has 0 aromatic carbocycles. The van der Waals surface area contributed by atoms with Crippen LogP contribution in [0.4, 0.5) is 0 Å². The predicted octanol–water partition coefficient (Wildman–Crippen LogP) is 1.94. The number of hydrogen-bond donors (Lipinski definition) is 2. The lowest BCUT2D eigenvalue weighted by Gasteiger charge is -2.29. The Hall–Kier alpha value is -1.06. The fourth-order valence-corrected chi connectivity index (χ4v) is 2.71. The molecule has 2 fully saturated rings. The van der Waals surface area contributed by atoms with E-state index in [9.17, 15) is 14.7 Å². The highest BCUT2D eigenvalue weighted by atomic mass is 16.4. The summed E-state index contributed by atoms with van der Waals surface area (Å²) in [5.74, 6) is -0.806. The molecular weight excluding hydrogens is 218 g/mol. The van der Waals surface area contributed by atoms with Crippen LogP contribution in [-0.2, 0) is 9.59 Å². The third-order valence-electron chi connectivity index (χ3n) is 4.20. The molecule has 0 aromatic rings. The van der Waals surface area contributed by atoms with Crippen LogP contribution in [0.3, 0.4) is 0 Å². The largest absolute Gasteiger partial charge is 0.480 e. The van der Waals surface area contributed by atoms with E-state index in [1.807, 2.05) is 0 Å². The number of nitrogens with one attached hydrogen (secondary N) is 1. The molecule has 1 unspecified atom stereocenters. The molecule has 96 valence electrons. The summed E-state index contributed by atoms with van der Waals surface area (Å²) >= 11 is 0. The second-order valence-corrected chi connectivity index (χ2v) is 5.61. The predicted molar refractivity (Wildman–Crippen MR) is 63.5 cm³/mol. The van der Waals surface area contributed by atoms with E-state index in [1.165, 1.54) is 6.42 Å². The summed E-state index contributed by atoms with van der Waals surface area (Å²) in [6, 6.07) is 0. The van der Waals surface area contributed by atoms with Gasteiger partial charge in [-0.3, -0.25) is 4.79 Å². The number of amides is 1. The molecule has 2 N–H and O–H groups in total. The minimum atomic E-state index is -1.05. The fourth-order valence-electron chi connectivity index (χ4n) is 2.71. The normalized spacial score (nSPS) is 25.0. The zero-order chi connectivity index (χ0) is 12.5.